The fraction of sp³-hybridized carbons (Fsp3) is 0.556. The lowest BCUT2D eigenvalue weighted by molar-refractivity contribution is 0.619. The van der Waals surface area contributed by atoms with Crippen LogP contribution in [0.3, 0.4) is 0 Å². The van der Waals surface area contributed by atoms with Crippen LogP contribution < -0.4 is 5.73 Å². The summed E-state index contributed by atoms with van der Waals surface area (Å²) in [5.41, 5.74) is 6.84. The van der Waals surface area contributed by atoms with Crippen molar-refractivity contribution in [3.05, 3.63) is 23.8 Å². The summed E-state index contributed by atoms with van der Waals surface area (Å²) in [6.45, 7) is 4.00. The number of nitrogens with two attached hydrogens (primary N) is 1. The van der Waals surface area contributed by atoms with E-state index in [0.717, 1.165) is 6.42 Å². The third-order valence-corrected chi connectivity index (χ3v) is 2.12. The van der Waals surface area contributed by atoms with E-state index in [0.29, 0.717) is 0 Å². The molecule has 1 atom stereocenters. The molecule has 0 bridgehead atoms. The average molecular weight is 172 g/mol. The first-order valence-electron chi connectivity index (χ1n) is 3.82. The van der Waals surface area contributed by atoms with Gasteiger partial charge in [-0.3, -0.25) is 0 Å². The molecule has 62 valence electrons. The minimum Gasteiger partial charge on any atom is -0.322 e. The fourth-order valence-electron chi connectivity index (χ4n) is 1.07. The van der Waals surface area contributed by atoms with E-state index in [2.05, 4.69) is 6.08 Å². The third-order valence-electron chi connectivity index (χ3n) is 1.79. The van der Waals surface area contributed by atoms with E-state index in [1.165, 1.54) is 5.57 Å². The van der Waals surface area contributed by atoms with Crippen LogP contribution >= 0.6 is 11.6 Å². The summed E-state index contributed by atoms with van der Waals surface area (Å²) in [6.07, 6.45) is 7.01. The highest BCUT2D eigenvalue weighted by molar-refractivity contribution is 6.22. The molecular weight excluding hydrogens is 158 g/mol. The highest BCUT2D eigenvalue weighted by Crippen LogP contribution is 2.21. The first-order valence-corrected chi connectivity index (χ1v) is 4.25. The summed E-state index contributed by atoms with van der Waals surface area (Å²) < 4.78 is 0. The zero-order valence-corrected chi connectivity index (χ0v) is 7.73. The Morgan fingerprint density at radius 1 is 1.64 bits per heavy atom. The van der Waals surface area contributed by atoms with Crippen LogP contribution in [0, 0.1) is 0 Å². The lowest BCUT2D eigenvalue weighted by Crippen LogP contribution is -2.34. The van der Waals surface area contributed by atoms with Gasteiger partial charge in [0.1, 0.15) is 0 Å². The van der Waals surface area contributed by atoms with Crippen LogP contribution in [0.15, 0.2) is 23.8 Å². The molecule has 0 saturated heterocycles. The molecule has 1 rings (SSSR count). The van der Waals surface area contributed by atoms with E-state index < -0.39 is 0 Å². The Hall–Kier alpha value is -0.270. The molecule has 0 amide bonds. The molecule has 11 heavy (non-hydrogen) atoms. The summed E-state index contributed by atoms with van der Waals surface area (Å²) in [6, 6.07) is 0. The average Bonchev–Trinajstić information content (AvgIpc) is 1.86. The molecule has 0 aromatic rings. The van der Waals surface area contributed by atoms with Crippen molar-refractivity contribution in [2.24, 2.45) is 5.73 Å². The minimum atomic E-state index is -0.229. The molecule has 0 aromatic carbocycles. The minimum absolute atomic E-state index is 0.154. The van der Waals surface area contributed by atoms with Crippen LogP contribution in [0.1, 0.15) is 20.3 Å². The molecule has 0 fully saturated rings. The highest BCUT2D eigenvalue weighted by Gasteiger charge is 2.17. The van der Waals surface area contributed by atoms with Crippen LogP contribution in [0.25, 0.3) is 0 Å². The zero-order valence-electron chi connectivity index (χ0n) is 6.97. The topological polar surface area (TPSA) is 26.0 Å². The van der Waals surface area contributed by atoms with Crippen LogP contribution in [-0.2, 0) is 0 Å². The molecule has 1 nitrogen and oxygen atoms in total. The molecule has 0 spiro atoms. The molecule has 2 N–H and O–H groups in total. The van der Waals surface area contributed by atoms with Gasteiger partial charge in [-0.1, -0.05) is 18.2 Å². The van der Waals surface area contributed by atoms with E-state index >= 15 is 0 Å². The van der Waals surface area contributed by atoms with E-state index in [1.54, 1.807) is 0 Å². The van der Waals surface area contributed by atoms with Crippen molar-refractivity contribution < 1.29 is 0 Å². The van der Waals surface area contributed by atoms with Gasteiger partial charge in [-0.25, -0.2) is 0 Å². The Morgan fingerprint density at radius 3 is 2.64 bits per heavy atom. The van der Waals surface area contributed by atoms with Crippen LogP contribution in [0.2, 0.25) is 0 Å². The van der Waals surface area contributed by atoms with Crippen LogP contribution in [0.4, 0.5) is 0 Å². The summed E-state index contributed by atoms with van der Waals surface area (Å²) >= 11 is 5.86. The third kappa shape index (κ3) is 2.35. The maximum Gasteiger partial charge on any atom is 0.0553 e. The summed E-state index contributed by atoms with van der Waals surface area (Å²) in [5, 5.41) is 0.154. The van der Waals surface area contributed by atoms with Gasteiger partial charge in [0.2, 0.25) is 0 Å². The van der Waals surface area contributed by atoms with Crippen LogP contribution in [-0.4, -0.2) is 10.9 Å². The number of rotatable bonds is 1. The molecule has 0 saturated carbocycles. The first kappa shape index (κ1) is 8.82. The fourth-order valence-corrected chi connectivity index (χ4v) is 1.23. The normalized spacial score (nSPS) is 25.1. The van der Waals surface area contributed by atoms with Gasteiger partial charge in [0.25, 0.3) is 0 Å². The van der Waals surface area contributed by atoms with Crippen molar-refractivity contribution in [2.45, 2.75) is 31.2 Å². The number of halogens is 1. The smallest absolute Gasteiger partial charge is 0.0553 e. The Labute approximate surface area is 72.9 Å². The molecule has 0 radical (unpaired) electrons. The maximum absolute atomic E-state index is 5.89. The summed E-state index contributed by atoms with van der Waals surface area (Å²) in [4.78, 5) is 0. The Kier molecular flexibility index (Phi) is 2.40. The standard InChI is InChI=1S/C9H14ClN/c1-9(2,11)7-3-5-8(10)6-4-7/h3-5,8H,6,11H2,1-2H3. The molecule has 0 aromatic heterocycles. The number of allylic oxidation sites excluding steroid dienone is 2. The molecule has 1 unspecified atom stereocenters. The van der Waals surface area contributed by atoms with Gasteiger partial charge in [0.05, 0.1) is 5.38 Å². The highest BCUT2D eigenvalue weighted by atomic mass is 35.5. The second-order valence-electron chi connectivity index (χ2n) is 3.49. The monoisotopic (exact) mass is 171 g/mol. The summed E-state index contributed by atoms with van der Waals surface area (Å²) in [7, 11) is 0. The lowest BCUT2D eigenvalue weighted by Gasteiger charge is -2.23. The van der Waals surface area contributed by atoms with Gasteiger partial charge in [-0.15, -0.1) is 11.6 Å². The number of alkyl halides is 1. The predicted molar refractivity (Wildman–Crippen MR) is 49.7 cm³/mol. The van der Waals surface area contributed by atoms with E-state index in [9.17, 15) is 0 Å². The second kappa shape index (κ2) is 3.00. The van der Waals surface area contributed by atoms with E-state index in [4.69, 9.17) is 17.3 Å². The Balaban J connectivity index is 2.71. The van der Waals surface area contributed by atoms with Gasteiger partial charge < -0.3 is 5.73 Å². The number of hydrogen-bond acceptors (Lipinski definition) is 1. The van der Waals surface area contributed by atoms with Crippen molar-refractivity contribution >= 4 is 11.6 Å². The van der Waals surface area contributed by atoms with Crippen molar-refractivity contribution in [1.82, 2.24) is 0 Å². The van der Waals surface area contributed by atoms with Gasteiger partial charge in [-0.2, -0.15) is 0 Å². The molecule has 1 aliphatic rings. The van der Waals surface area contributed by atoms with Crippen molar-refractivity contribution in [3.63, 3.8) is 0 Å². The largest absolute Gasteiger partial charge is 0.322 e. The van der Waals surface area contributed by atoms with Crippen LogP contribution in [0.5, 0.6) is 0 Å². The maximum atomic E-state index is 5.89. The Morgan fingerprint density at radius 2 is 2.27 bits per heavy atom. The van der Waals surface area contributed by atoms with Crippen molar-refractivity contribution in [1.29, 1.82) is 0 Å². The Bertz CT molecular complexity index is 198. The van der Waals surface area contributed by atoms with Gasteiger partial charge >= 0.3 is 0 Å². The first-order chi connectivity index (χ1) is 5.00. The number of hydrogen-bond donors (Lipinski definition) is 1. The second-order valence-corrected chi connectivity index (χ2v) is 4.05. The van der Waals surface area contributed by atoms with Gasteiger partial charge in [-0.05, 0) is 25.8 Å². The van der Waals surface area contributed by atoms with Crippen molar-refractivity contribution in [2.75, 3.05) is 0 Å². The molecule has 0 aliphatic heterocycles. The zero-order chi connectivity index (χ0) is 8.48. The van der Waals surface area contributed by atoms with E-state index in [-0.39, 0.29) is 10.9 Å². The summed E-state index contributed by atoms with van der Waals surface area (Å²) in [5.74, 6) is 0. The molecule has 2 heteroatoms. The van der Waals surface area contributed by atoms with E-state index in [1.807, 2.05) is 26.0 Å². The lowest BCUT2D eigenvalue weighted by atomic mass is 9.91. The van der Waals surface area contributed by atoms with Gasteiger partial charge in [0, 0.05) is 5.54 Å². The molecule has 1 aliphatic carbocycles. The molecular formula is C9H14ClN. The predicted octanol–water partition coefficient (Wildman–Crippen LogP) is 2.22. The quantitative estimate of drug-likeness (QED) is 0.602. The molecule has 0 heterocycles. The van der Waals surface area contributed by atoms with Crippen molar-refractivity contribution in [3.8, 4) is 0 Å². The SMILES string of the molecule is CC(C)(N)C1=CCC(Cl)C=C1. The van der Waals surface area contributed by atoms with Gasteiger partial charge in [0.15, 0.2) is 0 Å².